The van der Waals surface area contributed by atoms with Crippen LogP contribution in [-0.2, 0) is 11.3 Å². The molecule has 0 saturated carbocycles. The summed E-state index contributed by atoms with van der Waals surface area (Å²) in [6, 6.07) is 3.20. The Kier molecular flexibility index (Phi) is 4.35. The Morgan fingerprint density at radius 2 is 2.44 bits per heavy atom. The number of nitrogens with zero attached hydrogens (tertiary/aromatic N) is 1. The molecule has 1 aromatic heterocycles. The molecule has 6 nitrogen and oxygen atoms in total. The summed E-state index contributed by atoms with van der Waals surface area (Å²) < 4.78 is 10.8. The van der Waals surface area contributed by atoms with E-state index in [9.17, 15) is 4.79 Å². The molecule has 6 heteroatoms. The maximum atomic E-state index is 10.7. The third-order valence-corrected chi connectivity index (χ3v) is 2.91. The lowest BCUT2D eigenvalue weighted by Gasteiger charge is -2.32. The van der Waals surface area contributed by atoms with E-state index in [1.165, 1.54) is 6.07 Å². The van der Waals surface area contributed by atoms with Gasteiger partial charge in [-0.05, 0) is 19.2 Å². The van der Waals surface area contributed by atoms with Gasteiger partial charge in [-0.15, -0.1) is 0 Å². The molecule has 2 heterocycles. The maximum absolute atomic E-state index is 10.7. The van der Waals surface area contributed by atoms with Gasteiger partial charge in [0.05, 0.1) is 19.3 Å². The third-order valence-electron chi connectivity index (χ3n) is 2.91. The molecule has 0 aliphatic carbocycles. The summed E-state index contributed by atoms with van der Waals surface area (Å²) in [6.07, 6.45) is 0.178. The number of aromatic carboxylic acids is 1. The van der Waals surface area contributed by atoms with Gasteiger partial charge in [0, 0.05) is 19.6 Å². The van der Waals surface area contributed by atoms with Crippen LogP contribution in [0, 0.1) is 0 Å². The highest BCUT2D eigenvalue weighted by molar-refractivity contribution is 5.84. The Hall–Kier alpha value is -1.37. The first-order valence-electron chi connectivity index (χ1n) is 5.99. The minimum atomic E-state index is -1.03. The fourth-order valence-electron chi connectivity index (χ4n) is 2.07. The van der Waals surface area contributed by atoms with Crippen LogP contribution in [-0.4, -0.2) is 55.4 Å². The molecular weight excluding hydrogens is 236 g/mol. The van der Waals surface area contributed by atoms with Crippen molar-refractivity contribution in [2.75, 3.05) is 33.3 Å². The molecule has 0 amide bonds. The summed E-state index contributed by atoms with van der Waals surface area (Å²) in [4.78, 5) is 12.9. The summed E-state index contributed by atoms with van der Waals surface area (Å²) in [6.45, 7) is 3.79. The Morgan fingerprint density at radius 1 is 1.61 bits per heavy atom. The number of carbonyl (C=O) groups is 1. The SMILES string of the molecule is CNCC1CN(Cc2ccc(C(=O)O)o2)CCO1. The first-order chi connectivity index (χ1) is 8.69. The van der Waals surface area contributed by atoms with Gasteiger partial charge >= 0.3 is 5.97 Å². The topological polar surface area (TPSA) is 74.9 Å². The van der Waals surface area contributed by atoms with Crippen molar-refractivity contribution in [3.63, 3.8) is 0 Å². The smallest absolute Gasteiger partial charge is 0.371 e. The summed E-state index contributed by atoms with van der Waals surface area (Å²) in [5, 5.41) is 11.9. The normalized spacial score (nSPS) is 21.1. The molecular formula is C12H18N2O4. The summed E-state index contributed by atoms with van der Waals surface area (Å²) in [5.74, 6) is -0.362. The highest BCUT2D eigenvalue weighted by atomic mass is 16.5. The van der Waals surface area contributed by atoms with Gasteiger partial charge in [-0.25, -0.2) is 4.79 Å². The molecule has 1 aliphatic heterocycles. The number of nitrogens with one attached hydrogen (secondary N) is 1. The summed E-state index contributed by atoms with van der Waals surface area (Å²) in [7, 11) is 1.90. The van der Waals surface area contributed by atoms with Gasteiger partial charge in [0.2, 0.25) is 5.76 Å². The monoisotopic (exact) mass is 254 g/mol. The van der Waals surface area contributed by atoms with E-state index in [2.05, 4.69) is 10.2 Å². The van der Waals surface area contributed by atoms with Crippen molar-refractivity contribution >= 4 is 5.97 Å². The van der Waals surface area contributed by atoms with Gasteiger partial charge in [-0.3, -0.25) is 4.90 Å². The lowest BCUT2D eigenvalue weighted by molar-refractivity contribution is -0.0310. The second-order valence-corrected chi connectivity index (χ2v) is 4.36. The average molecular weight is 254 g/mol. The van der Waals surface area contributed by atoms with Gasteiger partial charge in [-0.2, -0.15) is 0 Å². The predicted molar refractivity (Wildman–Crippen MR) is 64.6 cm³/mol. The standard InChI is InChI=1S/C12H18N2O4/c1-13-6-10-8-14(4-5-17-10)7-9-2-3-11(18-9)12(15)16/h2-3,10,13H,4-8H2,1H3,(H,15,16). The van der Waals surface area contributed by atoms with Crippen LogP contribution in [0.25, 0.3) is 0 Å². The van der Waals surface area contributed by atoms with Crippen molar-refractivity contribution in [1.82, 2.24) is 10.2 Å². The largest absolute Gasteiger partial charge is 0.475 e. The zero-order valence-corrected chi connectivity index (χ0v) is 10.4. The van der Waals surface area contributed by atoms with Crippen molar-refractivity contribution in [1.29, 1.82) is 0 Å². The highest BCUT2D eigenvalue weighted by Gasteiger charge is 2.21. The van der Waals surface area contributed by atoms with Gasteiger partial charge in [0.15, 0.2) is 0 Å². The number of hydrogen-bond donors (Lipinski definition) is 2. The fraction of sp³-hybridized carbons (Fsp3) is 0.583. The van der Waals surface area contributed by atoms with E-state index >= 15 is 0 Å². The number of rotatable bonds is 5. The molecule has 2 rings (SSSR count). The Balaban J connectivity index is 1.89. The molecule has 2 N–H and O–H groups in total. The van der Waals surface area contributed by atoms with Crippen LogP contribution in [0.2, 0.25) is 0 Å². The number of furan rings is 1. The summed E-state index contributed by atoms with van der Waals surface area (Å²) >= 11 is 0. The van der Waals surface area contributed by atoms with Gasteiger partial charge in [0.1, 0.15) is 5.76 Å². The lowest BCUT2D eigenvalue weighted by atomic mass is 10.2. The molecule has 0 bridgehead atoms. The van der Waals surface area contributed by atoms with E-state index in [-0.39, 0.29) is 11.9 Å². The van der Waals surface area contributed by atoms with Crippen molar-refractivity contribution < 1.29 is 19.1 Å². The molecule has 0 radical (unpaired) electrons. The molecule has 1 aliphatic rings. The summed E-state index contributed by atoms with van der Waals surface area (Å²) in [5.41, 5.74) is 0. The van der Waals surface area contributed by atoms with E-state index in [4.69, 9.17) is 14.3 Å². The van der Waals surface area contributed by atoms with Crippen molar-refractivity contribution in [2.45, 2.75) is 12.6 Å². The van der Waals surface area contributed by atoms with Gasteiger partial charge < -0.3 is 19.6 Å². The second kappa shape index (κ2) is 5.99. The first kappa shape index (κ1) is 13.1. The van der Waals surface area contributed by atoms with Crippen LogP contribution < -0.4 is 5.32 Å². The molecule has 100 valence electrons. The maximum Gasteiger partial charge on any atom is 0.371 e. The molecule has 0 aromatic carbocycles. The van der Waals surface area contributed by atoms with E-state index in [1.807, 2.05) is 7.05 Å². The molecule has 18 heavy (non-hydrogen) atoms. The van der Waals surface area contributed by atoms with E-state index in [0.717, 1.165) is 19.6 Å². The number of carboxylic acids is 1. The number of carboxylic acid groups (broad SMARTS) is 1. The van der Waals surface area contributed by atoms with Crippen molar-refractivity contribution in [3.05, 3.63) is 23.7 Å². The average Bonchev–Trinajstić information content (AvgIpc) is 2.78. The lowest BCUT2D eigenvalue weighted by Crippen LogP contribution is -2.45. The van der Waals surface area contributed by atoms with Crippen LogP contribution in [0.1, 0.15) is 16.3 Å². The fourth-order valence-corrected chi connectivity index (χ4v) is 2.07. The predicted octanol–water partition coefficient (Wildman–Crippen LogP) is 0.398. The van der Waals surface area contributed by atoms with Crippen LogP contribution in [0.3, 0.4) is 0 Å². The Bertz CT molecular complexity index is 403. The van der Waals surface area contributed by atoms with E-state index in [1.54, 1.807) is 6.07 Å². The number of morpholine rings is 1. The molecule has 1 aromatic rings. The zero-order chi connectivity index (χ0) is 13.0. The molecule has 1 saturated heterocycles. The van der Waals surface area contributed by atoms with Crippen LogP contribution in [0.5, 0.6) is 0 Å². The third kappa shape index (κ3) is 3.32. The van der Waals surface area contributed by atoms with E-state index in [0.29, 0.717) is 18.9 Å². The van der Waals surface area contributed by atoms with Crippen molar-refractivity contribution in [2.24, 2.45) is 0 Å². The molecule has 1 fully saturated rings. The first-order valence-corrected chi connectivity index (χ1v) is 5.99. The van der Waals surface area contributed by atoms with Crippen molar-refractivity contribution in [3.8, 4) is 0 Å². The second-order valence-electron chi connectivity index (χ2n) is 4.36. The number of likely N-dealkylation sites (N-methyl/N-ethyl adjacent to an activating group) is 1. The van der Waals surface area contributed by atoms with Gasteiger partial charge in [0.25, 0.3) is 0 Å². The minimum absolute atomic E-state index is 0.00923. The quantitative estimate of drug-likeness (QED) is 0.792. The minimum Gasteiger partial charge on any atom is -0.475 e. The van der Waals surface area contributed by atoms with Crippen LogP contribution in [0.4, 0.5) is 0 Å². The molecule has 0 spiro atoms. The van der Waals surface area contributed by atoms with Gasteiger partial charge in [-0.1, -0.05) is 0 Å². The highest BCUT2D eigenvalue weighted by Crippen LogP contribution is 2.13. The number of hydrogen-bond acceptors (Lipinski definition) is 5. The van der Waals surface area contributed by atoms with E-state index < -0.39 is 5.97 Å². The Morgan fingerprint density at radius 3 is 3.11 bits per heavy atom. The van der Waals surface area contributed by atoms with Crippen LogP contribution >= 0.6 is 0 Å². The molecule has 1 atom stereocenters. The Labute approximate surface area is 106 Å². The zero-order valence-electron chi connectivity index (χ0n) is 10.4. The molecule has 1 unspecified atom stereocenters. The van der Waals surface area contributed by atoms with Crippen LogP contribution in [0.15, 0.2) is 16.5 Å². The number of ether oxygens (including phenoxy) is 1.